The Balaban J connectivity index is 1.74. The molecule has 3 heterocycles. The van der Waals surface area contributed by atoms with E-state index >= 15 is 0 Å². The molecule has 0 fully saturated rings. The van der Waals surface area contributed by atoms with Crippen molar-refractivity contribution in [2.24, 2.45) is 0 Å². The summed E-state index contributed by atoms with van der Waals surface area (Å²) < 4.78 is 10.3. The molecule has 1 unspecified atom stereocenters. The molecule has 0 radical (unpaired) electrons. The van der Waals surface area contributed by atoms with Gasteiger partial charge in [0.05, 0.1) is 22.9 Å². The second-order valence-electron chi connectivity index (χ2n) is 9.87. The number of aromatic nitrogens is 3. The van der Waals surface area contributed by atoms with Crippen LogP contribution in [-0.4, -0.2) is 31.4 Å². The fourth-order valence-electron chi connectivity index (χ4n) is 4.94. The fraction of sp³-hybridized carbons (Fsp3) is 0.346. The minimum Gasteiger partial charge on any atom is -0.481 e. The second-order valence-corrected chi connectivity index (χ2v) is 10.7. The van der Waals surface area contributed by atoms with E-state index in [-0.39, 0.29) is 18.4 Å². The second kappa shape index (κ2) is 8.42. The number of Topliss-reactive ketones (excluding diaryl/α,β-unsaturated/α-hetero) is 1. The van der Waals surface area contributed by atoms with Crippen molar-refractivity contribution in [2.75, 3.05) is 5.32 Å². The Morgan fingerprint density at radius 1 is 1.14 bits per heavy atom. The lowest BCUT2D eigenvalue weighted by Gasteiger charge is -2.43. The lowest BCUT2D eigenvalue weighted by atomic mass is 9.83. The molecule has 0 saturated carbocycles. The van der Waals surface area contributed by atoms with Gasteiger partial charge in [0.25, 0.3) is 0 Å². The Hall–Kier alpha value is -3.23. The number of benzene rings is 2. The first-order chi connectivity index (χ1) is 16.9. The van der Waals surface area contributed by atoms with E-state index < -0.39 is 23.0 Å². The molecular formula is C26H26Cl2N4O4. The molecule has 2 aliphatic heterocycles. The summed E-state index contributed by atoms with van der Waals surface area (Å²) in [6.07, 6.45) is 1.92. The summed E-state index contributed by atoms with van der Waals surface area (Å²) in [6, 6.07) is 7.58. The lowest BCUT2D eigenvalue weighted by molar-refractivity contribution is 0.101. The molecule has 0 amide bonds. The first-order valence-corrected chi connectivity index (χ1v) is 12.4. The summed E-state index contributed by atoms with van der Waals surface area (Å²) in [5, 5.41) is 3.97. The standard InChI is InChI=1S/C26H26Cl2N4O4/c1-13(2)29-21-19(27)12-17-22-18(26(4,5)36-23(17)20(21)28)10-11-30-24(34)31(25(35)32(22)30)16-8-6-15(7-9-16)14(3)33/h6-10,12-13,22,29H,11H2,1-5H3. The Labute approximate surface area is 217 Å². The minimum atomic E-state index is -0.795. The highest BCUT2D eigenvalue weighted by Gasteiger charge is 2.45. The molecule has 0 bridgehead atoms. The number of nitrogens with one attached hydrogen (secondary N) is 1. The zero-order chi connectivity index (χ0) is 26.1. The maximum absolute atomic E-state index is 13.8. The van der Waals surface area contributed by atoms with E-state index in [1.807, 2.05) is 33.8 Å². The summed E-state index contributed by atoms with van der Waals surface area (Å²) in [5.74, 6) is 0.319. The number of hydrogen-bond acceptors (Lipinski definition) is 5. The van der Waals surface area contributed by atoms with Gasteiger partial charge in [-0.05, 0) is 70.5 Å². The van der Waals surface area contributed by atoms with Crippen molar-refractivity contribution in [1.29, 1.82) is 0 Å². The summed E-state index contributed by atoms with van der Waals surface area (Å²) in [6.45, 7) is 9.43. The smallest absolute Gasteiger partial charge is 0.352 e. The number of fused-ring (bicyclic) bond motifs is 5. The Kier molecular flexibility index (Phi) is 5.72. The summed E-state index contributed by atoms with van der Waals surface area (Å²) >= 11 is 13.4. The lowest BCUT2D eigenvalue weighted by Crippen LogP contribution is -2.46. The SMILES string of the molecule is CC(=O)c1ccc(-n2c(=O)n3n(c2=O)C2C(=CC3)C(C)(C)Oc3c2cc(Cl)c(NC(C)C)c3Cl)cc1. The van der Waals surface area contributed by atoms with E-state index in [1.54, 1.807) is 30.3 Å². The van der Waals surface area contributed by atoms with Gasteiger partial charge in [0.15, 0.2) is 5.78 Å². The number of carbonyl (C=O) groups is 1. The number of rotatable bonds is 4. The first-order valence-electron chi connectivity index (χ1n) is 11.7. The van der Waals surface area contributed by atoms with E-state index in [9.17, 15) is 14.4 Å². The van der Waals surface area contributed by atoms with Crippen LogP contribution in [0.2, 0.25) is 10.0 Å². The average molecular weight is 529 g/mol. The van der Waals surface area contributed by atoms with Gasteiger partial charge in [-0.15, -0.1) is 0 Å². The van der Waals surface area contributed by atoms with E-state index in [1.165, 1.54) is 16.3 Å². The van der Waals surface area contributed by atoms with Gasteiger partial charge in [-0.2, -0.15) is 0 Å². The Morgan fingerprint density at radius 2 is 1.81 bits per heavy atom. The normalized spacial score (nSPS) is 17.6. The van der Waals surface area contributed by atoms with Crippen molar-refractivity contribution in [3.8, 4) is 11.4 Å². The van der Waals surface area contributed by atoms with Gasteiger partial charge in [0.2, 0.25) is 0 Å². The molecule has 10 heteroatoms. The third-order valence-corrected chi connectivity index (χ3v) is 7.26. The van der Waals surface area contributed by atoms with E-state index in [2.05, 4.69) is 5.32 Å². The number of ether oxygens (including phenoxy) is 1. The Morgan fingerprint density at radius 3 is 2.42 bits per heavy atom. The number of carbonyl (C=O) groups excluding carboxylic acids is 1. The van der Waals surface area contributed by atoms with Crippen molar-refractivity contribution in [3.05, 3.63) is 84.1 Å². The largest absolute Gasteiger partial charge is 0.481 e. The molecule has 3 aromatic rings. The zero-order valence-corrected chi connectivity index (χ0v) is 22.1. The topological polar surface area (TPSA) is 87.3 Å². The maximum atomic E-state index is 13.8. The number of hydrogen-bond donors (Lipinski definition) is 1. The average Bonchev–Trinajstić information content (AvgIpc) is 3.07. The van der Waals surface area contributed by atoms with Gasteiger partial charge < -0.3 is 10.1 Å². The van der Waals surface area contributed by atoms with E-state index in [0.29, 0.717) is 38.3 Å². The maximum Gasteiger partial charge on any atom is 0.352 e. The molecule has 2 aromatic carbocycles. The van der Waals surface area contributed by atoms with Crippen LogP contribution in [0.25, 0.3) is 5.69 Å². The molecule has 36 heavy (non-hydrogen) atoms. The molecule has 1 atom stereocenters. The molecule has 1 N–H and O–H groups in total. The highest BCUT2D eigenvalue weighted by molar-refractivity contribution is 6.40. The molecule has 0 saturated heterocycles. The van der Waals surface area contributed by atoms with Crippen molar-refractivity contribution in [1.82, 2.24) is 13.9 Å². The van der Waals surface area contributed by atoms with Crippen LogP contribution in [0.15, 0.2) is 51.6 Å². The van der Waals surface area contributed by atoms with Crippen LogP contribution in [0.5, 0.6) is 5.75 Å². The number of anilines is 1. The Bertz CT molecular complexity index is 1560. The first kappa shape index (κ1) is 24.5. The number of allylic oxidation sites excluding steroid dienone is 1. The van der Waals surface area contributed by atoms with Crippen molar-refractivity contribution in [2.45, 2.75) is 58.8 Å². The van der Waals surface area contributed by atoms with Gasteiger partial charge in [-0.1, -0.05) is 29.3 Å². The third-order valence-electron chi connectivity index (χ3n) is 6.60. The van der Waals surface area contributed by atoms with Crippen LogP contribution in [-0.2, 0) is 6.54 Å². The predicted molar refractivity (Wildman–Crippen MR) is 140 cm³/mol. The van der Waals surface area contributed by atoms with Crippen LogP contribution in [0.3, 0.4) is 0 Å². The van der Waals surface area contributed by atoms with Gasteiger partial charge in [-0.25, -0.2) is 23.5 Å². The van der Waals surface area contributed by atoms with Crippen LogP contribution in [0, 0.1) is 0 Å². The minimum absolute atomic E-state index is 0.0796. The third kappa shape index (κ3) is 3.62. The molecular weight excluding hydrogens is 503 g/mol. The number of nitrogens with zero attached hydrogens (tertiary/aromatic N) is 3. The predicted octanol–water partition coefficient (Wildman–Crippen LogP) is 4.83. The van der Waals surface area contributed by atoms with Gasteiger partial charge in [0.1, 0.15) is 22.4 Å². The van der Waals surface area contributed by atoms with Crippen molar-refractivity contribution >= 4 is 34.7 Å². The fourth-order valence-corrected chi connectivity index (χ4v) is 5.56. The van der Waals surface area contributed by atoms with Crippen LogP contribution in [0.4, 0.5) is 5.69 Å². The van der Waals surface area contributed by atoms with E-state index in [0.717, 1.165) is 10.1 Å². The van der Waals surface area contributed by atoms with Gasteiger partial charge in [-0.3, -0.25) is 4.79 Å². The molecule has 188 valence electrons. The highest BCUT2D eigenvalue weighted by Crippen LogP contribution is 2.52. The van der Waals surface area contributed by atoms with Crippen molar-refractivity contribution in [3.63, 3.8) is 0 Å². The number of ketones is 1. The summed E-state index contributed by atoms with van der Waals surface area (Å²) in [5.41, 5.74) is 1.08. The number of halogens is 2. The van der Waals surface area contributed by atoms with E-state index in [4.69, 9.17) is 27.9 Å². The highest BCUT2D eigenvalue weighted by atomic mass is 35.5. The van der Waals surface area contributed by atoms with Gasteiger partial charge in [0, 0.05) is 17.2 Å². The van der Waals surface area contributed by atoms with Crippen LogP contribution < -0.4 is 21.4 Å². The molecule has 2 aliphatic rings. The molecule has 0 spiro atoms. The van der Waals surface area contributed by atoms with Crippen LogP contribution in [0.1, 0.15) is 56.6 Å². The van der Waals surface area contributed by atoms with Gasteiger partial charge >= 0.3 is 11.4 Å². The molecule has 5 rings (SSSR count). The van der Waals surface area contributed by atoms with Crippen LogP contribution >= 0.6 is 23.2 Å². The molecule has 8 nitrogen and oxygen atoms in total. The molecule has 0 aliphatic carbocycles. The molecule has 1 aromatic heterocycles. The van der Waals surface area contributed by atoms with Crippen molar-refractivity contribution < 1.29 is 9.53 Å². The summed E-state index contributed by atoms with van der Waals surface area (Å²) in [4.78, 5) is 38.9. The quantitative estimate of drug-likeness (QED) is 0.387. The zero-order valence-electron chi connectivity index (χ0n) is 20.6. The monoisotopic (exact) mass is 528 g/mol. The summed E-state index contributed by atoms with van der Waals surface area (Å²) in [7, 11) is 0.